The van der Waals surface area contributed by atoms with Gasteiger partial charge in [0.1, 0.15) is 5.41 Å². The molecular formula is C18H23N3O3S. The summed E-state index contributed by atoms with van der Waals surface area (Å²) >= 11 is 0. The van der Waals surface area contributed by atoms with Crippen LogP contribution in [-0.2, 0) is 14.8 Å². The lowest BCUT2D eigenvalue weighted by Gasteiger charge is -2.36. The van der Waals surface area contributed by atoms with E-state index < -0.39 is 20.7 Å². The number of hydrogen-bond donors (Lipinski definition) is 1. The van der Waals surface area contributed by atoms with Crippen molar-refractivity contribution in [2.45, 2.75) is 43.8 Å². The van der Waals surface area contributed by atoms with Crippen LogP contribution in [0, 0.1) is 16.7 Å². The first-order valence-corrected chi connectivity index (χ1v) is 10.3. The number of hydrogen-bond acceptors (Lipinski definition) is 4. The molecule has 1 amide bonds. The van der Waals surface area contributed by atoms with Crippen molar-refractivity contribution in [1.82, 2.24) is 4.90 Å². The minimum Gasteiger partial charge on any atom is -0.340 e. The van der Waals surface area contributed by atoms with Crippen LogP contribution >= 0.6 is 0 Å². The number of nitriles is 1. The van der Waals surface area contributed by atoms with E-state index in [0.29, 0.717) is 37.9 Å². The van der Waals surface area contributed by atoms with Crippen molar-refractivity contribution in [3.63, 3.8) is 0 Å². The maximum atomic E-state index is 12.9. The van der Waals surface area contributed by atoms with Gasteiger partial charge in [-0.1, -0.05) is 31.0 Å². The number of carbonyl (C=O) groups is 1. The van der Waals surface area contributed by atoms with Crippen LogP contribution < -0.4 is 4.72 Å². The molecular weight excluding hydrogens is 338 g/mol. The van der Waals surface area contributed by atoms with Gasteiger partial charge in [0.05, 0.1) is 11.3 Å². The van der Waals surface area contributed by atoms with Crippen molar-refractivity contribution < 1.29 is 13.2 Å². The Hall–Kier alpha value is -2.07. The van der Waals surface area contributed by atoms with E-state index in [1.807, 2.05) is 6.07 Å². The predicted octanol–water partition coefficient (Wildman–Crippen LogP) is 2.50. The second-order valence-corrected chi connectivity index (χ2v) is 8.89. The van der Waals surface area contributed by atoms with E-state index >= 15 is 0 Å². The van der Waals surface area contributed by atoms with E-state index in [1.54, 1.807) is 29.2 Å². The molecule has 1 saturated carbocycles. The quantitative estimate of drug-likeness (QED) is 0.892. The fourth-order valence-corrected chi connectivity index (χ4v) is 5.27. The number of anilines is 1. The predicted molar refractivity (Wildman–Crippen MR) is 95.1 cm³/mol. The van der Waals surface area contributed by atoms with Gasteiger partial charge in [-0.25, -0.2) is 8.42 Å². The zero-order chi connectivity index (χ0) is 17.9. The van der Waals surface area contributed by atoms with Crippen molar-refractivity contribution in [1.29, 1.82) is 5.26 Å². The summed E-state index contributed by atoms with van der Waals surface area (Å²) in [5, 5.41) is 8.86. The molecule has 1 aromatic carbocycles. The molecule has 0 bridgehead atoms. The summed E-state index contributed by atoms with van der Waals surface area (Å²) in [5.74, 6) is -0.188. The summed E-state index contributed by atoms with van der Waals surface area (Å²) in [5.41, 5.74) is -0.423. The molecule has 1 saturated heterocycles. The number of benzene rings is 1. The lowest BCUT2D eigenvalue weighted by molar-refractivity contribution is -0.139. The lowest BCUT2D eigenvalue weighted by Crippen LogP contribution is -2.50. The zero-order valence-corrected chi connectivity index (χ0v) is 15.0. The van der Waals surface area contributed by atoms with E-state index in [-0.39, 0.29) is 12.5 Å². The minimum atomic E-state index is -3.58. The summed E-state index contributed by atoms with van der Waals surface area (Å²) in [4.78, 5) is 14.5. The van der Waals surface area contributed by atoms with E-state index in [2.05, 4.69) is 10.8 Å². The van der Waals surface area contributed by atoms with E-state index in [1.165, 1.54) is 0 Å². The van der Waals surface area contributed by atoms with Crippen molar-refractivity contribution in [2.24, 2.45) is 5.41 Å². The number of nitrogens with zero attached hydrogens (tertiary/aromatic N) is 2. The smallest absolute Gasteiger partial charge is 0.243 e. The average Bonchev–Trinajstić information content (AvgIpc) is 3.12. The van der Waals surface area contributed by atoms with Crippen molar-refractivity contribution in [3.05, 3.63) is 30.3 Å². The van der Waals surface area contributed by atoms with Gasteiger partial charge in [-0.2, -0.15) is 5.26 Å². The molecule has 1 aliphatic carbocycles. The van der Waals surface area contributed by atoms with Crippen molar-refractivity contribution >= 4 is 21.6 Å². The molecule has 1 aromatic rings. The van der Waals surface area contributed by atoms with E-state index in [9.17, 15) is 18.5 Å². The molecule has 134 valence electrons. The molecule has 1 aliphatic heterocycles. The molecule has 1 N–H and O–H groups in total. The summed E-state index contributed by atoms with van der Waals surface area (Å²) in [7, 11) is -3.58. The Bertz CT molecular complexity index is 765. The summed E-state index contributed by atoms with van der Waals surface area (Å²) < 4.78 is 28.0. The minimum absolute atomic E-state index is 0.157. The third-order valence-corrected chi connectivity index (χ3v) is 7.00. The molecule has 25 heavy (non-hydrogen) atoms. The molecule has 2 aliphatic rings. The van der Waals surface area contributed by atoms with Gasteiger partial charge in [-0.05, 0) is 37.8 Å². The first-order chi connectivity index (χ1) is 12.0. The van der Waals surface area contributed by atoms with Gasteiger partial charge in [-0.3, -0.25) is 9.52 Å². The van der Waals surface area contributed by atoms with Crippen LogP contribution in [0.1, 0.15) is 38.5 Å². The molecule has 0 radical (unpaired) electrons. The van der Waals surface area contributed by atoms with Crippen LogP contribution in [0.3, 0.4) is 0 Å². The van der Waals surface area contributed by atoms with Gasteiger partial charge in [0, 0.05) is 18.8 Å². The van der Waals surface area contributed by atoms with Crippen LogP contribution in [0.25, 0.3) is 0 Å². The van der Waals surface area contributed by atoms with E-state index in [4.69, 9.17) is 0 Å². The third-order valence-electron chi connectivity index (χ3n) is 5.22. The van der Waals surface area contributed by atoms with Gasteiger partial charge in [0.25, 0.3) is 0 Å². The number of piperidine rings is 1. The highest BCUT2D eigenvalue weighted by molar-refractivity contribution is 7.93. The monoisotopic (exact) mass is 361 g/mol. The van der Waals surface area contributed by atoms with Crippen LogP contribution in [0.2, 0.25) is 0 Å². The normalized spacial score (nSPS) is 23.0. The number of amides is 1. The second kappa shape index (κ2) is 7.04. The fourth-order valence-electron chi connectivity index (χ4n) is 3.78. The maximum Gasteiger partial charge on any atom is 0.243 e. The van der Waals surface area contributed by atoms with Crippen LogP contribution in [0.15, 0.2) is 30.3 Å². The highest BCUT2D eigenvalue weighted by atomic mass is 32.2. The second-order valence-electron chi connectivity index (χ2n) is 6.93. The highest BCUT2D eigenvalue weighted by Gasteiger charge is 2.45. The summed E-state index contributed by atoms with van der Waals surface area (Å²) in [6, 6.07) is 11.0. The zero-order valence-electron chi connectivity index (χ0n) is 14.1. The number of likely N-dealkylation sites (tertiary alicyclic amines) is 1. The number of rotatable bonds is 4. The summed E-state index contributed by atoms with van der Waals surface area (Å²) in [6.45, 7) is 0.685. The van der Waals surface area contributed by atoms with Gasteiger partial charge in [0.15, 0.2) is 0 Å². The number of nitrogens with one attached hydrogen (secondary N) is 1. The molecule has 0 aromatic heterocycles. The SMILES string of the molecule is N#CC1(C(=O)N2CCC[C@@H](S(=O)(=O)Nc3ccccc3)C2)CCCC1. The molecule has 3 rings (SSSR count). The Labute approximate surface area is 148 Å². The van der Waals surface area contributed by atoms with Crippen LogP contribution in [0.4, 0.5) is 5.69 Å². The third kappa shape index (κ3) is 3.64. The Kier molecular flexibility index (Phi) is 5.00. The Morgan fingerprint density at radius 1 is 1.20 bits per heavy atom. The Morgan fingerprint density at radius 2 is 1.88 bits per heavy atom. The maximum absolute atomic E-state index is 12.9. The summed E-state index contributed by atoms with van der Waals surface area (Å²) in [6.07, 6.45) is 4.07. The van der Waals surface area contributed by atoms with Gasteiger partial charge in [0.2, 0.25) is 15.9 Å². The largest absolute Gasteiger partial charge is 0.340 e. The molecule has 0 spiro atoms. The molecule has 1 atom stereocenters. The Balaban J connectivity index is 1.72. The van der Waals surface area contributed by atoms with Gasteiger partial charge in [-0.15, -0.1) is 0 Å². The van der Waals surface area contributed by atoms with Gasteiger partial charge < -0.3 is 4.90 Å². The topological polar surface area (TPSA) is 90.3 Å². The van der Waals surface area contributed by atoms with Crippen LogP contribution in [-0.4, -0.2) is 37.6 Å². The molecule has 7 heteroatoms. The number of sulfonamides is 1. The first kappa shape index (κ1) is 17.7. The average molecular weight is 361 g/mol. The molecule has 0 unspecified atom stereocenters. The van der Waals surface area contributed by atoms with Crippen molar-refractivity contribution in [3.8, 4) is 6.07 Å². The van der Waals surface area contributed by atoms with Gasteiger partial charge >= 0.3 is 0 Å². The van der Waals surface area contributed by atoms with Crippen molar-refractivity contribution in [2.75, 3.05) is 17.8 Å². The lowest BCUT2D eigenvalue weighted by atomic mass is 9.86. The Morgan fingerprint density at radius 3 is 2.52 bits per heavy atom. The molecule has 2 fully saturated rings. The highest BCUT2D eigenvalue weighted by Crippen LogP contribution is 2.39. The number of para-hydroxylation sites is 1. The van der Waals surface area contributed by atoms with E-state index in [0.717, 1.165) is 12.8 Å². The standard InChI is InChI=1S/C18H23N3O3S/c19-14-18(10-4-5-11-18)17(22)21-12-6-9-16(13-21)25(23,24)20-15-7-2-1-3-8-15/h1-3,7-8,16,20H,4-6,9-13H2/t16-/m1/s1. The first-order valence-electron chi connectivity index (χ1n) is 8.74. The van der Waals surface area contributed by atoms with Crippen LogP contribution in [0.5, 0.6) is 0 Å². The molecule has 6 nitrogen and oxygen atoms in total. The molecule has 1 heterocycles. The fraction of sp³-hybridized carbons (Fsp3) is 0.556. The number of carbonyl (C=O) groups excluding carboxylic acids is 1.